The number of hydrogen-bond acceptors (Lipinski definition) is 2. The van der Waals surface area contributed by atoms with Gasteiger partial charge in [0.2, 0.25) is 4.73 Å². The summed E-state index contributed by atoms with van der Waals surface area (Å²) in [6.07, 6.45) is 1.60. The molecule has 1 aromatic heterocycles. The summed E-state index contributed by atoms with van der Waals surface area (Å²) < 4.78 is 2.41. The lowest BCUT2D eigenvalue weighted by molar-refractivity contribution is 1.01. The fourth-order valence-electron chi connectivity index (χ4n) is 1.03. The molecule has 3 nitrogen and oxygen atoms in total. The van der Waals surface area contributed by atoms with Crippen LogP contribution >= 0.6 is 27.5 Å². The summed E-state index contributed by atoms with van der Waals surface area (Å²) in [5.41, 5.74) is 0.862. The SMILES string of the molecule is Clc1ccccc1-n1cnnc1Br. The molecule has 0 saturated heterocycles. The normalized spacial score (nSPS) is 10.3. The Balaban J connectivity index is 2.59. The Labute approximate surface area is 88.5 Å². The summed E-state index contributed by atoms with van der Waals surface area (Å²) in [6, 6.07) is 7.51. The minimum Gasteiger partial charge on any atom is -0.275 e. The molecule has 2 rings (SSSR count). The van der Waals surface area contributed by atoms with Gasteiger partial charge in [0.1, 0.15) is 6.33 Å². The van der Waals surface area contributed by atoms with Gasteiger partial charge in [-0.25, -0.2) is 0 Å². The van der Waals surface area contributed by atoms with E-state index in [4.69, 9.17) is 11.6 Å². The molecule has 5 heteroatoms. The van der Waals surface area contributed by atoms with Crippen LogP contribution in [0.15, 0.2) is 35.3 Å². The molecule has 0 N–H and O–H groups in total. The van der Waals surface area contributed by atoms with E-state index >= 15 is 0 Å². The van der Waals surface area contributed by atoms with E-state index in [9.17, 15) is 0 Å². The summed E-state index contributed by atoms with van der Waals surface area (Å²) in [4.78, 5) is 0. The van der Waals surface area contributed by atoms with Gasteiger partial charge in [0, 0.05) is 0 Å². The molecule has 66 valence electrons. The van der Waals surface area contributed by atoms with Crippen LogP contribution in [-0.4, -0.2) is 14.8 Å². The smallest absolute Gasteiger partial charge is 0.204 e. The lowest BCUT2D eigenvalue weighted by Crippen LogP contribution is -1.92. The Morgan fingerprint density at radius 2 is 2.08 bits per heavy atom. The van der Waals surface area contributed by atoms with Crippen molar-refractivity contribution < 1.29 is 0 Å². The van der Waals surface area contributed by atoms with E-state index < -0.39 is 0 Å². The zero-order valence-corrected chi connectivity index (χ0v) is 8.83. The number of halogens is 2. The Kier molecular flexibility index (Phi) is 2.33. The maximum absolute atomic E-state index is 5.99. The van der Waals surface area contributed by atoms with Gasteiger partial charge in [0.05, 0.1) is 10.7 Å². The van der Waals surface area contributed by atoms with Crippen molar-refractivity contribution in [2.45, 2.75) is 0 Å². The monoisotopic (exact) mass is 257 g/mol. The van der Waals surface area contributed by atoms with Crippen molar-refractivity contribution in [3.05, 3.63) is 40.3 Å². The van der Waals surface area contributed by atoms with Crippen LogP contribution in [0, 0.1) is 0 Å². The van der Waals surface area contributed by atoms with Crippen molar-refractivity contribution in [1.82, 2.24) is 14.8 Å². The van der Waals surface area contributed by atoms with Gasteiger partial charge < -0.3 is 0 Å². The first-order valence-electron chi connectivity index (χ1n) is 3.59. The second kappa shape index (κ2) is 3.47. The first-order chi connectivity index (χ1) is 6.29. The van der Waals surface area contributed by atoms with Gasteiger partial charge >= 0.3 is 0 Å². The molecule has 2 aromatic rings. The van der Waals surface area contributed by atoms with Crippen LogP contribution in [-0.2, 0) is 0 Å². The third-order valence-corrected chi connectivity index (χ3v) is 2.48. The predicted octanol–water partition coefficient (Wildman–Crippen LogP) is 2.68. The molecule has 0 aliphatic heterocycles. The molecule has 0 spiro atoms. The number of rotatable bonds is 1. The number of para-hydroxylation sites is 1. The van der Waals surface area contributed by atoms with Crippen LogP contribution in [0.2, 0.25) is 5.02 Å². The molecule has 0 saturated carbocycles. The number of nitrogens with zero attached hydrogens (tertiary/aromatic N) is 3. The van der Waals surface area contributed by atoms with Crippen LogP contribution in [0.1, 0.15) is 0 Å². The maximum atomic E-state index is 5.99. The van der Waals surface area contributed by atoms with E-state index in [1.165, 1.54) is 0 Å². The minimum atomic E-state index is 0.639. The molecule has 1 heterocycles. The van der Waals surface area contributed by atoms with Gasteiger partial charge in [-0.1, -0.05) is 23.7 Å². The molecule has 0 aliphatic rings. The van der Waals surface area contributed by atoms with Crippen LogP contribution in [0.4, 0.5) is 0 Å². The summed E-state index contributed by atoms with van der Waals surface area (Å²) >= 11 is 9.26. The van der Waals surface area contributed by atoms with Crippen molar-refractivity contribution in [3.8, 4) is 5.69 Å². The van der Waals surface area contributed by atoms with Crippen molar-refractivity contribution in [1.29, 1.82) is 0 Å². The van der Waals surface area contributed by atoms with E-state index in [0.29, 0.717) is 9.76 Å². The third-order valence-electron chi connectivity index (χ3n) is 1.62. The Hall–Kier alpha value is -0.870. The Bertz CT molecular complexity index is 427. The summed E-state index contributed by atoms with van der Waals surface area (Å²) in [5.74, 6) is 0. The van der Waals surface area contributed by atoms with E-state index in [0.717, 1.165) is 5.69 Å². The maximum Gasteiger partial charge on any atom is 0.204 e. The van der Waals surface area contributed by atoms with Crippen molar-refractivity contribution in [2.75, 3.05) is 0 Å². The topological polar surface area (TPSA) is 30.7 Å². The fraction of sp³-hybridized carbons (Fsp3) is 0. The van der Waals surface area contributed by atoms with Gasteiger partial charge in [0.15, 0.2) is 0 Å². The highest BCUT2D eigenvalue weighted by atomic mass is 79.9. The number of hydrogen-bond donors (Lipinski definition) is 0. The van der Waals surface area contributed by atoms with Crippen molar-refractivity contribution >= 4 is 27.5 Å². The van der Waals surface area contributed by atoms with Crippen LogP contribution in [0.5, 0.6) is 0 Å². The van der Waals surface area contributed by atoms with Crippen LogP contribution < -0.4 is 0 Å². The van der Waals surface area contributed by atoms with Gasteiger partial charge in [0.25, 0.3) is 0 Å². The van der Waals surface area contributed by atoms with Crippen molar-refractivity contribution in [3.63, 3.8) is 0 Å². The second-order valence-electron chi connectivity index (χ2n) is 2.42. The molecule has 0 radical (unpaired) electrons. The fourth-order valence-corrected chi connectivity index (χ4v) is 1.63. The van der Waals surface area contributed by atoms with Gasteiger partial charge in [-0.05, 0) is 28.1 Å². The molecule has 0 bridgehead atoms. The lowest BCUT2D eigenvalue weighted by atomic mass is 10.3. The molecule has 1 aromatic carbocycles. The van der Waals surface area contributed by atoms with E-state index in [2.05, 4.69) is 26.1 Å². The van der Waals surface area contributed by atoms with E-state index in [1.54, 1.807) is 10.9 Å². The zero-order chi connectivity index (χ0) is 9.26. The molecule has 0 unspecified atom stereocenters. The number of aromatic nitrogens is 3. The average molecular weight is 259 g/mol. The quantitative estimate of drug-likeness (QED) is 0.787. The Morgan fingerprint density at radius 3 is 2.69 bits per heavy atom. The first-order valence-corrected chi connectivity index (χ1v) is 4.76. The first kappa shape index (κ1) is 8.72. The summed E-state index contributed by atoms with van der Waals surface area (Å²) in [5, 5.41) is 8.22. The molecule has 0 aliphatic carbocycles. The molecule has 0 fully saturated rings. The van der Waals surface area contributed by atoms with Gasteiger partial charge in [-0.2, -0.15) is 0 Å². The van der Waals surface area contributed by atoms with Crippen molar-refractivity contribution in [2.24, 2.45) is 0 Å². The molecular weight excluding hydrogens is 253 g/mol. The second-order valence-corrected chi connectivity index (χ2v) is 3.54. The molecule has 0 amide bonds. The highest BCUT2D eigenvalue weighted by molar-refractivity contribution is 9.10. The van der Waals surface area contributed by atoms with Gasteiger partial charge in [-0.15, -0.1) is 10.2 Å². The molecule has 13 heavy (non-hydrogen) atoms. The lowest BCUT2D eigenvalue weighted by Gasteiger charge is -2.03. The van der Waals surface area contributed by atoms with E-state index in [1.807, 2.05) is 24.3 Å². The highest BCUT2D eigenvalue weighted by Crippen LogP contribution is 2.21. The Morgan fingerprint density at radius 1 is 1.31 bits per heavy atom. The van der Waals surface area contributed by atoms with Crippen LogP contribution in [0.3, 0.4) is 0 Å². The minimum absolute atomic E-state index is 0.639. The summed E-state index contributed by atoms with van der Waals surface area (Å²) in [7, 11) is 0. The molecular formula is C8H5BrClN3. The summed E-state index contributed by atoms with van der Waals surface area (Å²) in [6.45, 7) is 0. The average Bonchev–Trinajstić information content (AvgIpc) is 2.52. The van der Waals surface area contributed by atoms with Gasteiger partial charge in [-0.3, -0.25) is 4.57 Å². The molecule has 0 atom stereocenters. The third kappa shape index (κ3) is 1.59. The van der Waals surface area contributed by atoms with Crippen LogP contribution in [0.25, 0.3) is 5.69 Å². The predicted molar refractivity (Wildman–Crippen MR) is 54.1 cm³/mol. The standard InChI is InChI=1S/C8H5BrClN3/c9-8-12-11-5-13(8)7-4-2-1-3-6(7)10/h1-5H. The zero-order valence-electron chi connectivity index (χ0n) is 6.48. The largest absolute Gasteiger partial charge is 0.275 e. The number of benzene rings is 1. The van der Waals surface area contributed by atoms with E-state index in [-0.39, 0.29) is 0 Å². The highest BCUT2D eigenvalue weighted by Gasteiger charge is 2.05.